The summed E-state index contributed by atoms with van der Waals surface area (Å²) in [6.45, 7) is 9.76. The molecule has 0 aliphatic heterocycles. The molecule has 3 nitrogen and oxygen atoms in total. The van der Waals surface area contributed by atoms with Crippen molar-refractivity contribution in [1.29, 1.82) is 0 Å². The Bertz CT molecular complexity index is 250. The zero-order valence-corrected chi connectivity index (χ0v) is 12.3. The minimum atomic E-state index is -0.104. The van der Waals surface area contributed by atoms with Crippen molar-refractivity contribution < 1.29 is 14.3 Å². The molecule has 0 unspecified atom stereocenters. The molecule has 0 amide bonds. The van der Waals surface area contributed by atoms with Gasteiger partial charge in [0.1, 0.15) is 6.10 Å². The van der Waals surface area contributed by atoms with Gasteiger partial charge in [0, 0.05) is 6.61 Å². The first kappa shape index (κ1) is 15.5. The topological polar surface area (TPSA) is 35.5 Å². The third kappa shape index (κ3) is 4.97. The van der Waals surface area contributed by atoms with Gasteiger partial charge in [0.15, 0.2) is 0 Å². The maximum absolute atomic E-state index is 11.8. The highest BCUT2D eigenvalue weighted by atomic mass is 16.5. The van der Waals surface area contributed by atoms with E-state index in [9.17, 15) is 4.79 Å². The van der Waals surface area contributed by atoms with E-state index in [-0.39, 0.29) is 12.1 Å². The number of carbonyl (C=O) groups is 1. The Morgan fingerprint density at radius 3 is 2.67 bits per heavy atom. The molecule has 1 aliphatic rings. The Hall–Kier alpha value is -0.570. The van der Waals surface area contributed by atoms with E-state index in [4.69, 9.17) is 9.47 Å². The van der Waals surface area contributed by atoms with Gasteiger partial charge in [-0.25, -0.2) is 0 Å². The molecular formula is C15H28O3. The third-order valence-electron chi connectivity index (χ3n) is 3.90. The minimum Gasteiger partial charge on any atom is -0.462 e. The van der Waals surface area contributed by atoms with Gasteiger partial charge in [-0.2, -0.15) is 0 Å². The van der Waals surface area contributed by atoms with Gasteiger partial charge in [0.25, 0.3) is 0 Å². The lowest BCUT2D eigenvalue weighted by molar-refractivity contribution is -0.157. The maximum atomic E-state index is 11.8. The molecule has 1 fully saturated rings. The summed E-state index contributed by atoms with van der Waals surface area (Å²) in [5.74, 6) is 1.68. The fourth-order valence-corrected chi connectivity index (χ4v) is 2.78. The SMILES string of the molecule is CCOCCC(=O)O[C@@H]1C[C@@H](C)CC[C@H]1C(C)C. The molecule has 0 spiro atoms. The van der Waals surface area contributed by atoms with Crippen LogP contribution >= 0.6 is 0 Å². The highest BCUT2D eigenvalue weighted by molar-refractivity contribution is 5.69. The Morgan fingerprint density at radius 2 is 2.06 bits per heavy atom. The zero-order chi connectivity index (χ0) is 13.5. The van der Waals surface area contributed by atoms with Gasteiger partial charge >= 0.3 is 5.97 Å². The molecule has 1 rings (SSSR count). The summed E-state index contributed by atoms with van der Waals surface area (Å²) in [7, 11) is 0. The van der Waals surface area contributed by atoms with Crippen LogP contribution in [0.4, 0.5) is 0 Å². The van der Waals surface area contributed by atoms with Crippen molar-refractivity contribution in [3.8, 4) is 0 Å². The van der Waals surface area contributed by atoms with Gasteiger partial charge in [0.2, 0.25) is 0 Å². The van der Waals surface area contributed by atoms with Crippen molar-refractivity contribution in [2.24, 2.45) is 17.8 Å². The van der Waals surface area contributed by atoms with Crippen LogP contribution in [0.15, 0.2) is 0 Å². The van der Waals surface area contributed by atoms with Crippen LogP contribution in [0.2, 0.25) is 0 Å². The second-order valence-corrected chi connectivity index (χ2v) is 5.80. The van der Waals surface area contributed by atoms with Gasteiger partial charge in [0.05, 0.1) is 13.0 Å². The number of hydrogen-bond donors (Lipinski definition) is 0. The number of ether oxygens (including phenoxy) is 2. The molecule has 3 heteroatoms. The molecule has 18 heavy (non-hydrogen) atoms. The molecule has 3 atom stereocenters. The van der Waals surface area contributed by atoms with Crippen LogP contribution in [0.25, 0.3) is 0 Å². The lowest BCUT2D eigenvalue weighted by Crippen LogP contribution is -2.36. The van der Waals surface area contributed by atoms with Crippen molar-refractivity contribution in [2.75, 3.05) is 13.2 Å². The normalized spacial score (nSPS) is 28.4. The molecule has 0 radical (unpaired) electrons. The standard InChI is InChI=1S/C15H28O3/c1-5-17-9-8-15(16)18-14-10-12(4)6-7-13(14)11(2)3/h11-14H,5-10H2,1-4H3/t12-,13-,14+/m0/s1. The summed E-state index contributed by atoms with van der Waals surface area (Å²) in [4.78, 5) is 11.8. The van der Waals surface area contributed by atoms with Crippen LogP contribution < -0.4 is 0 Å². The predicted octanol–water partition coefficient (Wildman–Crippen LogP) is 3.42. The first-order valence-corrected chi connectivity index (χ1v) is 7.31. The summed E-state index contributed by atoms with van der Waals surface area (Å²) < 4.78 is 10.9. The number of hydrogen-bond acceptors (Lipinski definition) is 3. The molecular weight excluding hydrogens is 228 g/mol. The Morgan fingerprint density at radius 1 is 1.33 bits per heavy atom. The maximum Gasteiger partial charge on any atom is 0.308 e. The minimum absolute atomic E-state index is 0.104. The number of rotatable bonds is 6. The van der Waals surface area contributed by atoms with E-state index < -0.39 is 0 Å². The van der Waals surface area contributed by atoms with Gasteiger partial charge in [-0.15, -0.1) is 0 Å². The van der Waals surface area contributed by atoms with Crippen LogP contribution in [-0.4, -0.2) is 25.3 Å². The van der Waals surface area contributed by atoms with E-state index in [2.05, 4.69) is 20.8 Å². The fourth-order valence-electron chi connectivity index (χ4n) is 2.78. The van der Waals surface area contributed by atoms with Gasteiger partial charge in [-0.1, -0.05) is 27.2 Å². The summed E-state index contributed by atoms with van der Waals surface area (Å²) in [5.41, 5.74) is 0. The van der Waals surface area contributed by atoms with E-state index in [1.165, 1.54) is 12.8 Å². The quantitative estimate of drug-likeness (QED) is 0.539. The lowest BCUT2D eigenvalue weighted by atomic mass is 9.75. The number of esters is 1. The van der Waals surface area contributed by atoms with Crippen LogP contribution in [0.1, 0.15) is 53.4 Å². The van der Waals surface area contributed by atoms with Crippen molar-refractivity contribution in [3.05, 3.63) is 0 Å². The van der Waals surface area contributed by atoms with Crippen LogP contribution in [0.5, 0.6) is 0 Å². The highest BCUT2D eigenvalue weighted by Crippen LogP contribution is 2.35. The van der Waals surface area contributed by atoms with Crippen LogP contribution in [0.3, 0.4) is 0 Å². The highest BCUT2D eigenvalue weighted by Gasteiger charge is 2.33. The predicted molar refractivity (Wildman–Crippen MR) is 72.3 cm³/mol. The van der Waals surface area contributed by atoms with Crippen molar-refractivity contribution in [1.82, 2.24) is 0 Å². The average molecular weight is 256 g/mol. The van der Waals surface area contributed by atoms with E-state index in [0.717, 1.165) is 6.42 Å². The van der Waals surface area contributed by atoms with E-state index >= 15 is 0 Å². The van der Waals surface area contributed by atoms with Crippen molar-refractivity contribution in [2.45, 2.75) is 59.5 Å². The average Bonchev–Trinajstić information content (AvgIpc) is 2.29. The van der Waals surface area contributed by atoms with Crippen LogP contribution in [-0.2, 0) is 14.3 Å². The second kappa shape index (κ2) is 7.78. The molecule has 0 aromatic heterocycles. The van der Waals surface area contributed by atoms with E-state index in [0.29, 0.717) is 37.4 Å². The summed E-state index contributed by atoms with van der Waals surface area (Å²) >= 11 is 0. The summed E-state index contributed by atoms with van der Waals surface area (Å²) in [6.07, 6.45) is 3.95. The molecule has 0 aromatic rings. The van der Waals surface area contributed by atoms with Gasteiger partial charge < -0.3 is 9.47 Å². The summed E-state index contributed by atoms with van der Waals surface area (Å²) in [5, 5.41) is 0. The molecule has 0 bridgehead atoms. The zero-order valence-electron chi connectivity index (χ0n) is 12.3. The Labute approximate surface area is 111 Å². The number of carbonyl (C=O) groups excluding carboxylic acids is 1. The second-order valence-electron chi connectivity index (χ2n) is 5.80. The first-order chi connectivity index (χ1) is 8.54. The molecule has 1 aliphatic carbocycles. The lowest BCUT2D eigenvalue weighted by Gasteiger charge is -2.36. The van der Waals surface area contributed by atoms with Crippen LogP contribution in [0, 0.1) is 17.8 Å². The fraction of sp³-hybridized carbons (Fsp3) is 0.933. The Balaban J connectivity index is 2.42. The Kier molecular flexibility index (Phi) is 6.69. The molecule has 1 saturated carbocycles. The monoisotopic (exact) mass is 256 g/mol. The molecule has 0 heterocycles. The first-order valence-electron chi connectivity index (χ1n) is 7.31. The van der Waals surface area contributed by atoms with Crippen molar-refractivity contribution in [3.63, 3.8) is 0 Å². The molecule has 0 N–H and O–H groups in total. The largest absolute Gasteiger partial charge is 0.462 e. The smallest absolute Gasteiger partial charge is 0.308 e. The van der Waals surface area contributed by atoms with E-state index in [1.54, 1.807) is 0 Å². The van der Waals surface area contributed by atoms with Crippen molar-refractivity contribution >= 4 is 5.97 Å². The van der Waals surface area contributed by atoms with Gasteiger partial charge in [-0.3, -0.25) is 4.79 Å². The molecule has 106 valence electrons. The molecule has 0 aromatic carbocycles. The third-order valence-corrected chi connectivity index (χ3v) is 3.90. The summed E-state index contributed by atoms with van der Waals surface area (Å²) in [6, 6.07) is 0. The van der Waals surface area contributed by atoms with E-state index in [1.807, 2.05) is 6.92 Å². The molecule has 0 saturated heterocycles. The van der Waals surface area contributed by atoms with Gasteiger partial charge in [-0.05, 0) is 37.5 Å².